The molecule has 0 bridgehead atoms. The number of hydrogen-bond donors (Lipinski definition) is 0. The third-order valence-electron chi connectivity index (χ3n) is 2.28. The van der Waals surface area contributed by atoms with Crippen molar-refractivity contribution in [1.82, 2.24) is 0 Å². The molecular weight excluding hydrogens is 342 g/mol. The van der Waals surface area contributed by atoms with Crippen molar-refractivity contribution in [2.75, 3.05) is 42.3 Å². The SMILES string of the molecule is C=C(C)C(=C)C.C[N-]C.C[N-]C.C[N-]C.[Ti+4].c1ccc2[cH-]ccc2c1. The Bertz CT molecular complexity index is 472. The molecule has 138 valence electrons. The van der Waals surface area contributed by atoms with Crippen molar-refractivity contribution in [2.24, 2.45) is 0 Å². The smallest absolute Gasteiger partial charge is 0.668 e. The van der Waals surface area contributed by atoms with Crippen LogP contribution in [0.2, 0.25) is 0 Å². The Morgan fingerprint density at radius 1 is 0.760 bits per heavy atom. The van der Waals surface area contributed by atoms with Crippen LogP contribution in [0.15, 0.2) is 66.8 Å². The zero-order valence-corrected chi connectivity index (χ0v) is 18.9. The number of fused-ring (bicyclic) bond motifs is 1. The van der Waals surface area contributed by atoms with Crippen LogP contribution in [0.5, 0.6) is 0 Å². The van der Waals surface area contributed by atoms with E-state index in [0.717, 1.165) is 11.1 Å². The normalized spacial score (nSPS) is 7.68. The number of benzene rings is 1. The van der Waals surface area contributed by atoms with Crippen molar-refractivity contribution in [3.63, 3.8) is 0 Å². The Labute approximate surface area is 171 Å². The first-order valence-corrected chi connectivity index (χ1v) is 7.71. The maximum Gasteiger partial charge on any atom is 4.00 e. The predicted octanol–water partition coefficient (Wildman–Crippen LogP) is 6.55. The van der Waals surface area contributed by atoms with Gasteiger partial charge in [-0.3, -0.25) is 0 Å². The molecule has 0 aromatic heterocycles. The first kappa shape index (κ1) is 31.7. The monoisotopic (exact) mass is 377 g/mol. The van der Waals surface area contributed by atoms with Gasteiger partial charge in [0.05, 0.1) is 0 Å². The minimum atomic E-state index is 0. The molecule has 0 aliphatic heterocycles. The van der Waals surface area contributed by atoms with Gasteiger partial charge in [-0.2, -0.15) is 59.8 Å². The molecule has 0 radical (unpaired) electrons. The van der Waals surface area contributed by atoms with Crippen molar-refractivity contribution in [3.8, 4) is 0 Å². The van der Waals surface area contributed by atoms with Crippen LogP contribution in [0, 0.1) is 0 Å². The molecule has 2 rings (SSSR count). The van der Waals surface area contributed by atoms with Gasteiger partial charge in [0.25, 0.3) is 0 Å². The molecule has 0 aliphatic carbocycles. The Morgan fingerprint density at radius 3 is 1.44 bits per heavy atom. The fourth-order valence-corrected chi connectivity index (χ4v) is 1.07. The quantitative estimate of drug-likeness (QED) is 0.307. The maximum atomic E-state index is 3.66. The maximum absolute atomic E-state index is 3.66. The summed E-state index contributed by atoms with van der Waals surface area (Å²) in [5.74, 6) is 0. The van der Waals surface area contributed by atoms with Gasteiger partial charge in [0.2, 0.25) is 0 Å². The molecule has 2 aromatic rings. The largest absolute Gasteiger partial charge is 4.00 e. The van der Waals surface area contributed by atoms with E-state index in [1.807, 2.05) is 13.8 Å². The third-order valence-corrected chi connectivity index (χ3v) is 2.28. The topological polar surface area (TPSA) is 42.3 Å². The molecule has 0 saturated heterocycles. The van der Waals surface area contributed by atoms with Gasteiger partial charge in [-0.05, 0) is 13.8 Å². The summed E-state index contributed by atoms with van der Waals surface area (Å²) in [6.45, 7) is 11.2. The van der Waals surface area contributed by atoms with Crippen LogP contribution in [0.25, 0.3) is 26.7 Å². The number of hydrogen-bond acceptors (Lipinski definition) is 0. The molecule has 0 atom stereocenters. The summed E-state index contributed by atoms with van der Waals surface area (Å²) in [6.07, 6.45) is 0. The molecule has 4 heteroatoms. The van der Waals surface area contributed by atoms with Crippen LogP contribution in [-0.2, 0) is 21.7 Å². The molecule has 0 saturated carbocycles. The Balaban J connectivity index is -0.000000122. The van der Waals surface area contributed by atoms with Gasteiger partial charge in [0.1, 0.15) is 0 Å². The summed E-state index contributed by atoms with van der Waals surface area (Å²) >= 11 is 0. The molecular formula is C21H35N3Ti. The van der Waals surface area contributed by atoms with Gasteiger partial charge < -0.3 is 16.0 Å². The van der Waals surface area contributed by atoms with E-state index in [1.165, 1.54) is 10.8 Å². The molecule has 0 aliphatic rings. The Hall–Kier alpha value is -1.10. The van der Waals surface area contributed by atoms with E-state index in [2.05, 4.69) is 71.6 Å². The molecule has 0 spiro atoms. The van der Waals surface area contributed by atoms with Crippen molar-refractivity contribution in [3.05, 3.63) is 82.7 Å². The first-order chi connectivity index (χ1) is 11.4. The minimum Gasteiger partial charge on any atom is -0.668 e. The zero-order valence-electron chi connectivity index (χ0n) is 17.3. The number of rotatable bonds is 1. The van der Waals surface area contributed by atoms with E-state index in [0.29, 0.717) is 0 Å². The van der Waals surface area contributed by atoms with E-state index >= 15 is 0 Å². The molecule has 25 heavy (non-hydrogen) atoms. The minimum absolute atomic E-state index is 0. The van der Waals surface area contributed by atoms with Crippen molar-refractivity contribution < 1.29 is 21.7 Å². The van der Waals surface area contributed by atoms with E-state index < -0.39 is 0 Å². The molecule has 0 unspecified atom stereocenters. The van der Waals surface area contributed by atoms with E-state index in [1.54, 1.807) is 42.3 Å². The average Bonchev–Trinajstić information content (AvgIpc) is 2.98. The van der Waals surface area contributed by atoms with Crippen LogP contribution in [0.1, 0.15) is 13.8 Å². The van der Waals surface area contributed by atoms with Crippen molar-refractivity contribution in [1.29, 1.82) is 0 Å². The number of nitrogens with zero attached hydrogens (tertiary/aromatic N) is 3. The van der Waals surface area contributed by atoms with Gasteiger partial charge in [-0.1, -0.05) is 30.4 Å². The summed E-state index contributed by atoms with van der Waals surface area (Å²) in [5, 5.41) is 13.2. The Kier molecular flexibility index (Phi) is 31.8. The summed E-state index contributed by atoms with van der Waals surface area (Å²) in [4.78, 5) is 0. The molecule has 0 amide bonds. The molecule has 2 aromatic carbocycles. The second-order valence-corrected chi connectivity index (χ2v) is 5.06. The van der Waals surface area contributed by atoms with Crippen LogP contribution in [0.4, 0.5) is 0 Å². The first-order valence-electron chi connectivity index (χ1n) is 7.71. The summed E-state index contributed by atoms with van der Waals surface area (Å²) in [6, 6.07) is 14.7. The van der Waals surface area contributed by atoms with Gasteiger partial charge in [-0.15, -0.1) is 29.7 Å². The van der Waals surface area contributed by atoms with E-state index in [-0.39, 0.29) is 21.7 Å². The third kappa shape index (κ3) is 25.3. The van der Waals surface area contributed by atoms with Gasteiger partial charge in [0, 0.05) is 0 Å². The fraction of sp³-hybridized carbons (Fsp3) is 0.381. The fourth-order valence-electron chi connectivity index (χ4n) is 1.07. The summed E-state index contributed by atoms with van der Waals surface area (Å²) < 4.78 is 0. The van der Waals surface area contributed by atoms with Gasteiger partial charge in [0.15, 0.2) is 0 Å². The molecule has 0 fully saturated rings. The van der Waals surface area contributed by atoms with Gasteiger partial charge >= 0.3 is 21.7 Å². The summed E-state index contributed by atoms with van der Waals surface area (Å²) in [7, 11) is 10.5. The second-order valence-electron chi connectivity index (χ2n) is 5.06. The van der Waals surface area contributed by atoms with Crippen LogP contribution in [-0.4, -0.2) is 42.3 Å². The van der Waals surface area contributed by atoms with Crippen molar-refractivity contribution >= 4 is 10.8 Å². The van der Waals surface area contributed by atoms with Crippen LogP contribution < -0.4 is 0 Å². The molecule has 3 nitrogen and oxygen atoms in total. The average molecular weight is 377 g/mol. The second kappa shape index (κ2) is 25.1. The van der Waals surface area contributed by atoms with E-state index in [4.69, 9.17) is 0 Å². The standard InChI is InChI=1S/C9H7.C6H10.3C2H6N.Ti/c1-2-5-9-7-3-6-8(9)4-1;1-5(2)6(3)4;3*1-3-2;/h1-7H;1,3H2,2,4H3;3*1-2H3;/q-1;;3*-1;+4. The number of allylic oxidation sites excluding steroid dienone is 2. The molecule has 0 N–H and O–H groups in total. The zero-order chi connectivity index (χ0) is 19.4. The summed E-state index contributed by atoms with van der Waals surface area (Å²) in [5.41, 5.74) is 2.13. The predicted molar refractivity (Wildman–Crippen MR) is 115 cm³/mol. The van der Waals surface area contributed by atoms with Gasteiger partial charge in [-0.25, -0.2) is 0 Å². The van der Waals surface area contributed by atoms with Crippen molar-refractivity contribution in [2.45, 2.75) is 13.8 Å². The Morgan fingerprint density at radius 2 is 1.12 bits per heavy atom. The van der Waals surface area contributed by atoms with Crippen LogP contribution in [0.3, 0.4) is 0 Å². The van der Waals surface area contributed by atoms with E-state index in [9.17, 15) is 0 Å². The van der Waals surface area contributed by atoms with Crippen LogP contribution >= 0.6 is 0 Å². The molecule has 0 heterocycles.